The van der Waals surface area contributed by atoms with Crippen molar-refractivity contribution in [3.05, 3.63) is 0 Å². The van der Waals surface area contributed by atoms with Crippen LogP contribution in [0.4, 0.5) is 0 Å². The van der Waals surface area contributed by atoms with Gasteiger partial charge in [0.2, 0.25) is 0 Å². The van der Waals surface area contributed by atoms with Crippen molar-refractivity contribution < 1.29 is 0 Å². The maximum absolute atomic E-state index is 3.82. The van der Waals surface area contributed by atoms with E-state index in [0.29, 0.717) is 6.04 Å². The van der Waals surface area contributed by atoms with Crippen LogP contribution in [-0.2, 0) is 0 Å². The van der Waals surface area contributed by atoms with E-state index in [1.54, 1.807) is 0 Å². The summed E-state index contributed by atoms with van der Waals surface area (Å²) in [6.07, 6.45) is 5.48. The Labute approximate surface area is 132 Å². The van der Waals surface area contributed by atoms with Crippen LogP contribution in [0.25, 0.3) is 0 Å². The minimum absolute atomic E-state index is 0.709. The van der Waals surface area contributed by atoms with Crippen LogP contribution in [0, 0.1) is 11.8 Å². The molecule has 1 aliphatic carbocycles. The molecule has 3 atom stereocenters. The molecule has 0 aromatic rings. The maximum Gasteiger partial charge on any atom is 0.0113 e. The lowest BCUT2D eigenvalue weighted by Crippen LogP contribution is -2.52. The minimum atomic E-state index is 0.709. The first-order valence-electron chi connectivity index (χ1n) is 9.30. The molecule has 0 spiro atoms. The fourth-order valence-corrected chi connectivity index (χ4v) is 4.09. The van der Waals surface area contributed by atoms with Crippen molar-refractivity contribution in [2.45, 2.75) is 65.5 Å². The summed E-state index contributed by atoms with van der Waals surface area (Å²) in [5.41, 5.74) is 0. The van der Waals surface area contributed by atoms with Gasteiger partial charge in [-0.25, -0.2) is 0 Å². The first-order valence-corrected chi connectivity index (χ1v) is 9.30. The lowest BCUT2D eigenvalue weighted by atomic mass is 9.78. The van der Waals surface area contributed by atoms with Crippen molar-refractivity contribution in [1.82, 2.24) is 15.1 Å². The molecule has 0 radical (unpaired) electrons. The van der Waals surface area contributed by atoms with E-state index in [2.05, 4.69) is 42.8 Å². The zero-order chi connectivity index (χ0) is 15.2. The highest BCUT2D eigenvalue weighted by atomic mass is 15.3. The van der Waals surface area contributed by atoms with E-state index < -0.39 is 0 Å². The Hall–Kier alpha value is -0.120. The molecule has 0 aromatic heterocycles. The van der Waals surface area contributed by atoms with Crippen LogP contribution >= 0.6 is 0 Å². The van der Waals surface area contributed by atoms with Gasteiger partial charge in [0.1, 0.15) is 0 Å². The van der Waals surface area contributed by atoms with Crippen molar-refractivity contribution >= 4 is 0 Å². The smallest absolute Gasteiger partial charge is 0.0113 e. The third-order valence-corrected chi connectivity index (χ3v) is 5.53. The predicted molar refractivity (Wildman–Crippen MR) is 91.7 cm³/mol. The van der Waals surface area contributed by atoms with Gasteiger partial charge in [-0.05, 0) is 57.9 Å². The summed E-state index contributed by atoms with van der Waals surface area (Å²) >= 11 is 0. The van der Waals surface area contributed by atoms with E-state index in [1.807, 2.05) is 0 Å². The summed E-state index contributed by atoms with van der Waals surface area (Å²) in [4.78, 5) is 5.34. The van der Waals surface area contributed by atoms with Crippen LogP contribution in [0.3, 0.4) is 0 Å². The number of hydrogen-bond acceptors (Lipinski definition) is 3. The molecule has 1 aliphatic heterocycles. The summed E-state index contributed by atoms with van der Waals surface area (Å²) in [5.74, 6) is 1.79. The van der Waals surface area contributed by atoms with Gasteiger partial charge in [-0.15, -0.1) is 0 Å². The van der Waals surface area contributed by atoms with Crippen LogP contribution < -0.4 is 5.32 Å². The second kappa shape index (κ2) is 8.50. The minimum Gasteiger partial charge on any atom is -0.314 e. The molecule has 3 heteroatoms. The predicted octanol–water partition coefficient (Wildman–Crippen LogP) is 2.82. The van der Waals surface area contributed by atoms with Crippen molar-refractivity contribution in [2.75, 3.05) is 39.3 Å². The van der Waals surface area contributed by atoms with E-state index in [9.17, 15) is 0 Å². The van der Waals surface area contributed by atoms with E-state index in [1.165, 1.54) is 65.0 Å². The van der Waals surface area contributed by atoms with Crippen LogP contribution in [0.2, 0.25) is 0 Å². The van der Waals surface area contributed by atoms with E-state index in [0.717, 1.165) is 17.9 Å². The monoisotopic (exact) mass is 295 g/mol. The fraction of sp³-hybridized carbons (Fsp3) is 1.00. The SMILES string of the molecule is CCCNC1CCC(C)CC1CN1CCN(C(C)C)CC1. The van der Waals surface area contributed by atoms with E-state index in [-0.39, 0.29) is 0 Å². The molecule has 1 saturated heterocycles. The molecule has 124 valence electrons. The second-order valence-electron chi connectivity index (χ2n) is 7.67. The first kappa shape index (κ1) is 17.2. The Kier molecular flexibility index (Phi) is 6.97. The highest BCUT2D eigenvalue weighted by molar-refractivity contribution is 4.87. The first-order chi connectivity index (χ1) is 10.1. The van der Waals surface area contributed by atoms with Gasteiger partial charge in [-0.2, -0.15) is 0 Å². The Morgan fingerprint density at radius 1 is 1.10 bits per heavy atom. The van der Waals surface area contributed by atoms with Gasteiger partial charge in [-0.3, -0.25) is 4.90 Å². The third-order valence-electron chi connectivity index (χ3n) is 5.53. The molecule has 3 nitrogen and oxygen atoms in total. The lowest BCUT2D eigenvalue weighted by molar-refractivity contribution is 0.0770. The lowest BCUT2D eigenvalue weighted by Gasteiger charge is -2.42. The van der Waals surface area contributed by atoms with Crippen molar-refractivity contribution in [2.24, 2.45) is 11.8 Å². The molecule has 1 N–H and O–H groups in total. The molecule has 0 amide bonds. The summed E-state index contributed by atoms with van der Waals surface area (Å²) in [6, 6.07) is 1.48. The Bertz CT molecular complexity index is 282. The van der Waals surface area contributed by atoms with Gasteiger partial charge in [0.05, 0.1) is 0 Å². The highest BCUT2D eigenvalue weighted by Crippen LogP contribution is 2.30. The molecular weight excluding hydrogens is 258 g/mol. The Balaban J connectivity index is 1.81. The fourth-order valence-electron chi connectivity index (χ4n) is 4.09. The van der Waals surface area contributed by atoms with Gasteiger partial charge in [-0.1, -0.05) is 13.8 Å². The molecular formula is C18H37N3. The van der Waals surface area contributed by atoms with E-state index >= 15 is 0 Å². The normalized spacial score (nSPS) is 32.7. The highest BCUT2D eigenvalue weighted by Gasteiger charge is 2.30. The van der Waals surface area contributed by atoms with Crippen LogP contribution in [0.5, 0.6) is 0 Å². The molecule has 1 saturated carbocycles. The molecule has 1 heterocycles. The number of piperazine rings is 1. The number of rotatable bonds is 6. The maximum atomic E-state index is 3.82. The van der Waals surface area contributed by atoms with Crippen LogP contribution in [0.15, 0.2) is 0 Å². The molecule has 2 rings (SSSR count). The zero-order valence-electron chi connectivity index (χ0n) is 14.8. The van der Waals surface area contributed by atoms with Crippen molar-refractivity contribution in [3.8, 4) is 0 Å². The molecule has 21 heavy (non-hydrogen) atoms. The summed E-state index contributed by atoms with van der Waals surface area (Å²) < 4.78 is 0. The van der Waals surface area contributed by atoms with Crippen molar-refractivity contribution in [3.63, 3.8) is 0 Å². The van der Waals surface area contributed by atoms with Gasteiger partial charge < -0.3 is 10.2 Å². The number of hydrogen-bond donors (Lipinski definition) is 1. The zero-order valence-corrected chi connectivity index (χ0v) is 14.8. The summed E-state index contributed by atoms with van der Waals surface area (Å²) in [6.45, 7) is 16.9. The van der Waals surface area contributed by atoms with Crippen LogP contribution in [0.1, 0.15) is 53.4 Å². The summed E-state index contributed by atoms with van der Waals surface area (Å²) in [7, 11) is 0. The molecule has 2 aliphatic rings. The molecule has 3 unspecified atom stereocenters. The third kappa shape index (κ3) is 5.22. The average Bonchev–Trinajstić information content (AvgIpc) is 2.47. The van der Waals surface area contributed by atoms with Crippen molar-refractivity contribution in [1.29, 1.82) is 0 Å². The Morgan fingerprint density at radius 2 is 1.81 bits per heavy atom. The Morgan fingerprint density at radius 3 is 2.43 bits per heavy atom. The van der Waals surface area contributed by atoms with Gasteiger partial charge >= 0.3 is 0 Å². The van der Waals surface area contributed by atoms with E-state index in [4.69, 9.17) is 0 Å². The van der Waals surface area contributed by atoms with Gasteiger partial charge in [0.25, 0.3) is 0 Å². The summed E-state index contributed by atoms with van der Waals surface area (Å²) in [5, 5.41) is 3.82. The number of nitrogens with one attached hydrogen (secondary N) is 1. The standard InChI is InChI=1S/C18H37N3/c1-5-8-19-18-7-6-16(4)13-17(18)14-20-9-11-21(12-10-20)15(2)3/h15-19H,5-14H2,1-4H3. The quantitative estimate of drug-likeness (QED) is 0.813. The average molecular weight is 296 g/mol. The largest absolute Gasteiger partial charge is 0.314 e. The second-order valence-corrected chi connectivity index (χ2v) is 7.67. The van der Waals surface area contributed by atoms with Gasteiger partial charge in [0, 0.05) is 44.8 Å². The molecule has 2 fully saturated rings. The van der Waals surface area contributed by atoms with Gasteiger partial charge in [0.15, 0.2) is 0 Å². The molecule has 0 bridgehead atoms. The molecule has 0 aromatic carbocycles. The van der Waals surface area contributed by atoms with Crippen LogP contribution in [-0.4, -0.2) is 61.2 Å². The number of nitrogens with zero attached hydrogens (tertiary/aromatic N) is 2. The topological polar surface area (TPSA) is 18.5 Å².